The second kappa shape index (κ2) is 4.70. The monoisotopic (exact) mass is 285 g/mol. The van der Waals surface area contributed by atoms with Crippen LogP contribution in [0.15, 0.2) is 32.5 Å². The van der Waals surface area contributed by atoms with Crippen LogP contribution in [-0.2, 0) is 10.0 Å². The lowest BCUT2D eigenvalue weighted by molar-refractivity contribution is 0.584. The molecule has 1 aliphatic heterocycles. The van der Waals surface area contributed by atoms with Gasteiger partial charge in [-0.05, 0) is 12.1 Å². The SMILES string of the molecule is CN=CCN(C)C1=NS(=O)(=O)c2cccc(Cl)c21. The highest BCUT2D eigenvalue weighted by atomic mass is 35.5. The Balaban J connectivity index is 2.53. The lowest BCUT2D eigenvalue weighted by Crippen LogP contribution is -2.28. The van der Waals surface area contributed by atoms with Crippen molar-refractivity contribution in [1.29, 1.82) is 0 Å². The van der Waals surface area contributed by atoms with E-state index < -0.39 is 10.0 Å². The summed E-state index contributed by atoms with van der Waals surface area (Å²) in [5, 5.41) is 0.382. The maximum Gasteiger partial charge on any atom is 0.285 e. The summed E-state index contributed by atoms with van der Waals surface area (Å²) >= 11 is 6.06. The van der Waals surface area contributed by atoms with Crippen LogP contribution in [0.3, 0.4) is 0 Å². The molecule has 0 fully saturated rings. The lowest BCUT2D eigenvalue weighted by atomic mass is 10.2. The second-order valence-electron chi connectivity index (χ2n) is 3.82. The van der Waals surface area contributed by atoms with Gasteiger partial charge in [0.05, 0.1) is 17.1 Å². The van der Waals surface area contributed by atoms with Crippen molar-refractivity contribution in [3.63, 3.8) is 0 Å². The van der Waals surface area contributed by atoms with Gasteiger partial charge in [0.1, 0.15) is 4.90 Å². The normalized spacial score (nSPS) is 16.7. The lowest BCUT2D eigenvalue weighted by Gasteiger charge is -2.16. The molecule has 0 atom stereocenters. The fourth-order valence-electron chi connectivity index (χ4n) is 1.70. The topological polar surface area (TPSA) is 62.1 Å². The molecule has 1 aromatic carbocycles. The van der Waals surface area contributed by atoms with E-state index in [0.717, 1.165) is 0 Å². The van der Waals surface area contributed by atoms with Crippen LogP contribution in [0, 0.1) is 0 Å². The van der Waals surface area contributed by atoms with Crippen molar-refractivity contribution in [1.82, 2.24) is 4.90 Å². The van der Waals surface area contributed by atoms with Gasteiger partial charge in [-0.15, -0.1) is 4.40 Å². The minimum absolute atomic E-state index is 0.158. The number of rotatable bonds is 2. The Bertz CT molecular complexity index is 638. The highest BCUT2D eigenvalue weighted by Crippen LogP contribution is 2.32. The molecular weight excluding hydrogens is 274 g/mol. The zero-order chi connectivity index (χ0) is 13.3. The van der Waals surface area contributed by atoms with Crippen molar-refractivity contribution in [3.8, 4) is 0 Å². The quantitative estimate of drug-likeness (QED) is 0.772. The van der Waals surface area contributed by atoms with E-state index in [0.29, 0.717) is 23.0 Å². The van der Waals surface area contributed by atoms with Crippen LogP contribution in [-0.4, -0.2) is 46.0 Å². The van der Waals surface area contributed by atoms with Crippen LogP contribution in [0.25, 0.3) is 0 Å². The van der Waals surface area contributed by atoms with Gasteiger partial charge in [0.15, 0.2) is 5.84 Å². The predicted octanol–water partition coefficient (Wildman–Crippen LogP) is 1.42. The fraction of sp³-hybridized carbons (Fsp3) is 0.273. The van der Waals surface area contributed by atoms with E-state index in [9.17, 15) is 8.42 Å². The van der Waals surface area contributed by atoms with Crippen molar-refractivity contribution in [2.24, 2.45) is 9.39 Å². The summed E-state index contributed by atoms with van der Waals surface area (Å²) in [5.41, 5.74) is 0.464. The third-order valence-corrected chi connectivity index (χ3v) is 4.21. The molecule has 2 rings (SSSR count). The molecule has 0 amide bonds. The third kappa shape index (κ3) is 2.13. The second-order valence-corrected chi connectivity index (χ2v) is 5.80. The number of nitrogens with zero attached hydrogens (tertiary/aromatic N) is 3. The number of benzene rings is 1. The number of fused-ring (bicyclic) bond motifs is 1. The van der Waals surface area contributed by atoms with E-state index in [4.69, 9.17) is 11.6 Å². The summed E-state index contributed by atoms with van der Waals surface area (Å²) in [7, 11) is -0.231. The standard InChI is InChI=1S/C11H12ClN3O2S/c1-13-6-7-15(2)11-10-8(12)4-3-5-9(10)18(16,17)14-11/h3-6H,7H2,1-2H3. The van der Waals surface area contributed by atoms with E-state index in [1.54, 1.807) is 37.3 Å². The summed E-state index contributed by atoms with van der Waals surface area (Å²) < 4.78 is 27.5. The van der Waals surface area contributed by atoms with Crippen LogP contribution in [0.1, 0.15) is 5.56 Å². The van der Waals surface area contributed by atoms with Gasteiger partial charge in [0.2, 0.25) is 0 Å². The highest BCUT2D eigenvalue weighted by Gasteiger charge is 2.32. The molecule has 0 spiro atoms. The van der Waals surface area contributed by atoms with Gasteiger partial charge in [-0.1, -0.05) is 17.7 Å². The molecule has 0 radical (unpaired) electrons. The minimum atomic E-state index is -3.63. The summed E-state index contributed by atoms with van der Waals surface area (Å²) in [6.07, 6.45) is 1.67. The maximum absolute atomic E-state index is 11.9. The first-order valence-electron chi connectivity index (χ1n) is 5.23. The van der Waals surface area contributed by atoms with Crippen molar-refractivity contribution in [3.05, 3.63) is 28.8 Å². The van der Waals surface area contributed by atoms with Crippen molar-refractivity contribution >= 4 is 33.7 Å². The van der Waals surface area contributed by atoms with Crippen LogP contribution < -0.4 is 0 Å². The van der Waals surface area contributed by atoms with Gasteiger partial charge in [-0.3, -0.25) is 4.99 Å². The molecular formula is C11H12ClN3O2S. The molecule has 0 unspecified atom stereocenters. The summed E-state index contributed by atoms with van der Waals surface area (Å²) in [6, 6.07) is 4.76. The highest BCUT2D eigenvalue weighted by molar-refractivity contribution is 7.90. The van der Waals surface area contributed by atoms with Gasteiger partial charge in [-0.25, -0.2) is 0 Å². The molecule has 0 aliphatic carbocycles. The molecule has 0 N–H and O–H groups in total. The van der Waals surface area contributed by atoms with Crippen molar-refractivity contribution < 1.29 is 8.42 Å². The van der Waals surface area contributed by atoms with Crippen LogP contribution in [0.5, 0.6) is 0 Å². The number of aliphatic imine (C=N–C) groups is 1. The number of halogens is 1. The first-order chi connectivity index (χ1) is 8.47. The zero-order valence-electron chi connectivity index (χ0n) is 9.96. The van der Waals surface area contributed by atoms with Gasteiger partial charge in [0, 0.05) is 20.3 Å². The fourth-order valence-corrected chi connectivity index (χ4v) is 3.28. The summed E-state index contributed by atoms with van der Waals surface area (Å²) in [6.45, 7) is 0.468. The Morgan fingerprint density at radius 3 is 2.89 bits per heavy atom. The molecule has 1 aliphatic rings. The van der Waals surface area contributed by atoms with E-state index in [1.165, 1.54) is 6.07 Å². The van der Waals surface area contributed by atoms with Crippen LogP contribution >= 0.6 is 11.6 Å². The number of hydrogen-bond donors (Lipinski definition) is 0. The Labute approximate surface area is 111 Å². The van der Waals surface area contributed by atoms with Crippen molar-refractivity contribution in [2.45, 2.75) is 4.90 Å². The molecule has 5 nitrogen and oxygen atoms in total. The molecule has 0 saturated carbocycles. The summed E-state index contributed by atoms with van der Waals surface area (Å²) in [4.78, 5) is 5.71. The summed E-state index contributed by atoms with van der Waals surface area (Å²) in [5.74, 6) is 0.357. The first kappa shape index (κ1) is 13.0. The third-order valence-electron chi connectivity index (χ3n) is 2.58. The smallest absolute Gasteiger partial charge is 0.285 e. The van der Waals surface area contributed by atoms with Gasteiger partial charge >= 0.3 is 0 Å². The molecule has 1 aromatic rings. The van der Waals surface area contributed by atoms with Crippen molar-refractivity contribution in [2.75, 3.05) is 20.6 Å². The van der Waals surface area contributed by atoms with E-state index in [-0.39, 0.29) is 4.90 Å². The molecule has 0 bridgehead atoms. The molecule has 96 valence electrons. The Hall–Kier alpha value is -1.40. The number of hydrogen-bond acceptors (Lipinski definition) is 4. The average Bonchev–Trinajstić information content (AvgIpc) is 2.60. The van der Waals surface area contributed by atoms with E-state index in [2.05, 4.69) is 9.39 Å². The van der Waals surface area contributed by atoms with E-state index >= 15 is 0 Å². The molecule has 7 heteroatoms. The van der Waals surface area contributed by atoms with Gasteiger partial charge < -0.3 is 4.90 Å². The molecule has 1 heterocycles. The maximum atomic E-state index is 11.9. The Kier molecular flexibility index (Phi) is 3.41. The predicted molar refractivity (Wildman–Crippen MR) is 72.2 cm³/mol. The average molecular weight is 286 g/mol. The van der Waals surface area contributed by atoms with Crippen LogP contribution in [0.2, 0.25) is 5.02 Å². The van der Waals surface area contributed by atoms with Crippen LogP contribution in [0.4, 0.5) is 0 Å². The molecule has 0 aromatic heterocycles. The Morgan fingerprint density at radius 1 is 1.50 bits per heavy atom. The Morgan fingerprint density at radius 2 is 2.22 bits per heavy atom. The van der Waals surface area contributed by atoms with Gasteiger partial charge in [-0.2, -0.15) is 8.42 Å². The zero-order valence-corrected chi connectivity index (χ0v) is 11.5. The van der Waals surface area contributed by atoms with Gasteiger partial charge in [0.25, 0.3) is 10.0 Å². The first-order valence-corrected chi connectivity index (χ1v) is 7.05. The molecule has 18 heavy (non-hydrogen) atoms. The number of amidine groups is 1. The largest absolute Gasteiger partial charge is 0.353 e. The minimum Gasteiger partial charge on any atom is -0.353 e. The molecule has 0 saturated heterocycles. The van der Waals surface area contributed by atoms with E-state index in [1.807, 2.05) is 0 Å². The number of sulfonamides is 1.